The summed E-state index contributed by atoms with van der Waals surface area (Å²) in [6, 6.07) is 5.70. The van der Waals surface area contributed by atoms with E-state index in [4.69, 9.17) is 5.84 Å². The zero-order chi connectivity index (χ0) is 11.3. The van der Waals surface area contributed by atoms with Crippen LogP contribution in [-0.4, -0.2) is 10.5 Å². The molecule has 1 aromatic heterocycles. The molecule has 0 aromatic carbocycles. The van der Waals surface area contributed by atoms with Crippen molar-refractivity contribution in [2.75, 3.05) is 10.7 Å². The lowest BCUT2D eigenvalue weighted by molar-refractivity contribution is 0.509. The van der Waals surface area contributed by atoms with Crippen molar-refractivity contribution in [1.29, 1.82) is 0 Å². The second kappa shape index (κ2) is 4.98. The number of pyridine rings is 1. The van der Waals surface area contributed by atoms with Crippen LogP contribution in [0.2, 0.25) is 0 Å². The minimum absolute atomic E-state index is 0.0645. The van der Waals surface area contributed by atoms with Crippen LogP contribution >= 0.6 is 0 Å². The van der Waals surface area contributed by atoms with Gasteiger partial charge in [0.25, 0.3) is 0 Å². The van der Waals surface area contributed by atoms with Gasteiger partial charge in [0.1, 0.15) is 11.6 Å². The fourth-order valence-electron chi connectivity index (χ4n) is 1.62. The summed E-state index contributed by atoms with van der Waals surface area (Å²) in [6.07, 6.45) is 2.25. The summed E-state index contributed by atoms with van der Waals surface area (Å²) in [5, 5.41) is 3.39. The lowest BCUT2D eigenvalue weighted by Gasteiger charge is -2.26. The van der Waals surface area contributed by atoms with E-state index < -0.39 is 0 Å². The van der Waals surface area contributed by atoms with Crippen LogP contribution in [0.15, 0.2) is 18.2 Å². The summed E-state index contributed by atoms with van der Waals surface area (Å²) in [5.74, 6) is 6.83. The zero-order valence-electron chi connectivity index (χ0n) is 9.67. The van der Waals surface area contributed by atoms with Gasteiger partial charge < -0.3 is 10.7 Å². The van der Waals surface area contributed by atoms with E-state index in [9.17, 15) is 0 Å². The highest BCUT2D eigenvalue weighted by atomic mass is 15.3. The molecular weight excluding hydrogens is 188 g/mol. The number of rotatable bonds is 5. The Morgan fingerprint density at radius 3 is 2.60 bits per heavy atom. The predicted molar refractivity (Wildman–Crippen MR) is 64.7 cm³/mol. The maximum absolute atomic E-state index is 5.30. The molecule has 84 valence electrons. The number of nitrogens with zero attached hydrogens (tertiary/aromatic N) is 1. The van der Waals surface area contributed by atoms with Crippen molar-refractivity contribution in [3.63, 3.8) is 0 Å². The normalized spacial score (nSPS) is 11.2. The smallest absolute Gasteiger partial charge is 0.142 e. The predicted octanol–water partition coefficient (Wildman–Crippen LogP) is 2.36. The summed E-state index contributed by atoms with van der Waals surface area (Å²) in [6.45, 7) is 6.51. The Bertz CT molecular complexity index is 309. The zero-order valence-corrected chi connectivity index (χ0v) is 9.67. The summed E-state index contributed by atoms with van der Waals surface area (Å²) in [5.41, 5.74) is 2.60. The molecule has 0 fully saturated rings. The number of hydrazine groups is 1. The van der Waals surface area contributed by atoms with Crippen LogP contribution in [-0.2, 0) is 0 Å². The van der Waals surface area contributed by atoms with Gasteiger partial charge in [-0.05, 0) is 32.4 Å². The molecule has 0 saturated heterocycles. The lowest BCUT2D eigenvalue weighted by Crippen LogP contribution is -2.31. The van der Waals surface area contributed by atoms with Crippen LogP contribution < -0.4 is 16.6 Å². The number of nitrogen functional groups attached to an aromatic ring is 1. The van der Waals surface area contributed by atoms with Gasteiger partial charge in [0, 0.05) is 5.54 Å². The first-order valence-corrected chi connectivity index (χ1v) is 5.29. The van der Waals surface area contributed by atoms with E-state index in [0.29, 0.717) is 5.82 Å². The van der Waals surface area contributed by atoms with E-state index >= 15 is 0 Å². The SMILES string of the molecule is CCCC(C)(C)Nc1cccc(NN)n1. The van der Waals surface area contributed by atoms with Crippen molar-refractivity contribution in [2.45, 2.75) is 39.2 Å². The molecule has 0 aliphatic rings. The average Bonchev–Trinajstić information content (AvgIpc) is 2.17. The number of hydrogen-bond donors (Lipinski definition) is 3. The monoisotopic (exact) mass is 208 g/mol. The molecule has 4 heteroatoms. The first-order chi connectivity index (χ1) is 7.07. The Morgan fingerprint density at radius 1 is 1.33 bits per heavy atom. The molecule has 0 bridgehead atoms. The molecule has 0 saturated carbocycles. The highest BCUT2D eigenvalue weighted by Crippen LogP contribution is 2.18. The van der Waals surface area contributed by atoms with E-state index in [2.05, 4.69) is 36.5 Å². The molecule has 1 heterocycles. The van der Waals surface area contributed by atoms with Gasteiger partial charge in [-0.2, -0.15) is 0 Å². The summed E-state index contributed by atoms with van der Waals surface area (Å²) >= 11 is 0. The maximum atomic E-state index is 5.30. The van der Waals surface area contributed by atoms with Crippen molar-refractivity contribution >= 4 is 11.6 Å². The van der Waals surface area contributed by atoms with Gasteiger partial charge in [-0.15, -0.1) is 0 Å². The molecule has 15 heavy (non-hydrogen) atoms. The maximum Gasteiger partial charge on any atom is 0.142 e. The third-order valence-corrected chi connectivity index (χ3v) is 2.24. The number of aromatic nitrogens is 1. The highest BCUT2D eigenvalue weighted by molar-refractivity contribution is 5.45. The number of hydrogen-bond acceptors (Lipinski definition) is 4. The second-order valence-corrected chi connectivity index (χ2v) is 4.31. The number of anilines is 2. The van der Waals surface area contributed by atoms with Gasteiger partial charge >= 0.3 is 0 Å². The van der Waals surface area contributed by atoms with E-state index in [0.717, 1.165) is 18.7 Å². The van der Waals surface area contributed by atoms with E-state index in [-0.39, 0.29) is 5.54 Å². The lowest BCUT2D eigenvalue weighted by atomic mass is 9.99. The fraction of sp³-hybridized carbons (Fsp3) is 0.545. The minimum Gasteiger partial charge on any atom is -0.365 e. The van der Waals surface area contributed by atoms with Gasteiger partial charge in [-0.3, -0.25) is 0 Å². The quantitative estimate of drug-likeness (QED) is 0.513. The third kappa shape index (κ3) is 3.75. The Balaban J connectivity index is 2.71. The standard InChI is InChI=1S/C11H20N4/c1-4-8-11(2,3)14-9-6-5-7-10(13-9)15-12/h5-7H,4,8,12H2,1-3H3,(H2,13,14,15). The molecule has 0 radical (unpaired) electrons. The van der Waals surface area contributed by atoms with Gasteiger partial charge in [0.2, 0.25) is 0 Å². The average molecular weight is 208 g/mol. The Morgan fingerprint density at radius 2 is 2.00 bits per heavy atom. The largest absolute Gasteiger partial charge is 0.365 e. The Labute approximate surface area is 91.3 Å². The third-order valence-electron chi connectivity index (χ3n) is 2.24. The second-order valence-electron chi connectivity index (χ2n) is 4.31. The highest BCUT2D eigenvalue weighted by Gasteiger charge is 2.16. The molecule has 0 aliphatic carbocycles. The van der Waals surface area contributed by atoms with Gasteiger partial charge in [0.15, 0.2) is 0 Å². The van der Waals surface area contributed by atoms with Crippen molar-refractivity contribution in [2.24, 2.45) is 5.84 Å². The van der Waals surface area contributed by atoms with Gasteiger partial charge in [0.05, 0.1) is 0 Å². The van der Waals surface area contributed by atoms with Gasteiger partial charge in [-0.1, -0.05) is 19.4 Å². The minimum atomic E-state index is 0.0645. The van der Waals surface area contributed by atoms with Crippen LogP contribution in [0.3, 0.4) is 0 Å². The van der Waals surface area contributed by atoms with Crippen molar-refractivity contribution in [3.05, 3.63) is 18.2 Å². The Kier molecular flexibility index (Phi) is 3.91. The summed E-state index contributed by atoms with van der Waals surface area (Å²) in [7, 11) is 0. The molecule has 0 aliphatic heterocycles. The van der Waals surface area contributed by atoms with Crippen LogP contribution in [0.4, 0.5) is 11.6 Å². The first kappa shape index (κ1) is 11.8. The number of nitrogens with two attached hydrogens (primary N) is 1. The van der Waals surface area contributed by atoms with Crippen LogP contribution in [0, 0.1) is 0 Å². The molecule has 4 nitrogen and oxygen atoms in total. The molecular formula is C11H20N4. The van der Waals surface area contributed by atoms with Crippen LogP contribution in [0.1, 0.15) is 33.6 Å². The summed E-state index contributed by atoms with van der Waals surface area (Å²) < 4.78 is 0. The Hall–Kier alpha value is -1.29. The van der Waals surface area contributed by atoms with E-state index in [1.54, 1.807) is 0 Å². The van der Waals surface area contributed by atoms with Gasteiger partial charge in [-0.25, -0.2) is 10.8 Å². The molecule has 1 aromatic rings. The van der Waals surface area contributed by atoms with E-state index in [1.165, 1.54) is 0 Å². The molecule has 1 rings (SSSR count). The summed E-state index contributed by atoms with van der Waals surface area (Å²) in [4.78, 5) is 4.31. The first-order valence-electron chi connectivity index (χ1n) is 5.29. The van der Waals surface area contributed by atoms with Crippen LogP contribution in [0.25, 0.3) is 0 Å². The van der Waals surface area contributed by atoms with E-state index in [1.807, 2.05) is 18.2 Å². The van der Waals surface area contributed by atoms with Crippen molar-refractivity contribution < 1.29 is 0 Å². The number of nitrogens with one attached hydrogen (secondary N) is 2. The molecule has 0 spiro atoms. The molecule has 0 unspecified atom stereocenters. The molecule has 0 amide bonds. The molecule has 4 N–H and O–H groups in total. The van der Waals surface area contributed by atoms with Crippen LogP contribution in [0.5, 0.6) is 0 Å². The molecule has 0 atom stereocenters. The van der Waals surface area contributed by atoms with Crippen molar-refractivity contribution in [1.82, 2.24) is 4.98 Å². The fourth-order valence-corrected chi connectivity index (χ4v) is 1.62. The topological polar surface area (TPSA) is 63.0 Å². The van der Waals surface area contributed by atoms with Crippen molar-refractivity contribution in [3.8, 4) is 0 Å².